The molecule has 0 atom stereocenters. The zero-order valence-electron chi connectivity index (χ0n) is 15.5. The highest BCUT2D eigenvalue weighted by atomic mass is 35.5. The number of halogens is 2. The van der Waals surface area contributed by atoms with E-state index in [4.69, 9.17) is 11.6 Å². The summed E-state index contributed by atoms with van der Waals surface area (Å²) in [7, 11) is 0. The summed E-state index contributed by atoms with van der Waals surface area (Å²) in [6.45, 7) is 2.55. The van der Waals surface area contributed by atoms with Crippen molar-refractivity contribution in [3.05, 3.63) is 76.1 Å². The highest BCUT2D eigenvalue weighted by Crippen LogP contribution is 2.26. The smallest absolute Gasteiger partial charge is 0.169 e. The van der Waals surface area contributed by atoms with Crippen LogP contribution in [0.4, 0.5) is 4.39 Å². The molecule has 0 aliphatic rings. The lowest BCUT2D eigenvalue weighted by atomic mass is 9.99. The second-order valence-electron chi connectivity index (χ2n) is 6.51. The Kier molecular flexibility index (Phi) is 6.23. The number of aldehydes is 1. The molecule has 0 fully saturated rings. The van der Waals surface area contributed by atoms with E-state index in [9.17, 15) is 14.4 Å². The minimum atomic E-state index is -0.387. The van der Waals surface area contributed by atoms with Gasteiger partial charge in [-0.05, 0) is 35.7 Å². The van der Waals surface area contributed by atoms with Crippen molar-refractivity contribution in [3.63, 3.8) is 0 Å². The monoisotopic (exact) mass is 395 g/mol. The highest BCUT2D eigenvalue weighted by molar-refractivity contribution is 6.31. The van der Waals surface area contributed by atoms with Gasteiger partial charge in [0.05, 0.1) is 11.6 Å². The molecule has 3 aromatic rings. The summed E-state index contributed by atoms with van der Waals surface area (Å²) in [4.78, 5) is 15.8. The van der Waals surface area contributed by atoms with Gasteiger partial charge in [0.1, 0.15) is 17.3 Å². The van der Waals surface area contributed by atoms with E-state index in [0.717, 1.165) is 42.5 Å². The molecule has 2 aromatic carbocycles. The van der Waals surface area contributed by atoms with Gasteiger partial charge >= 0.3 is 0 Å². The van der Waals surface area contributed by atoms with Gasteiger partial charge in [-0.15, -0.1) is 0 Å². The Morgan fingerprint density at radius 3 is 2.64 bits per heavy atom. The lowest BCUT2D eigenvalue weighted by molar-refractivity contribution is 0.111. The first-order valence-electron chi connectivity index (χ1n) is 9.06. The predicted molar refractivity (Wildman–Crippen MR) is 107 cm³/mol. The van der Waals surface area contributed by atoms with Gasteiger partial charge in [-0.3, -0.25) is 4.79 Å². The van der Waals surface area contributed by atoms with Crippen LogP contribution in [0.2, 0.25) is 5.15 Å². The Morgan fingerprint density at radius 2 is 2.00 bits per heavy atom. The third-order valence-corrected chi connectivity index (χ3v) is 4.89. The van der Waals surface area contributed by atoms with Crippen molar-refractivity contribution in [2.75, 3.05) is 0 Å². The molecule has 142 valence electrons. The van der Waals surface area contributed by atoms with Gasteiger partial charge in [0.15, 0.2) is 11.4 Å². The zero-order chi connectivity index (χ0) is 20.1. The predicted octanol–water partition coefficient (Wildman–Crippen LogP) is 5.42. The molecule has 0 N–H and O–H groups in total. The number of aromatic nitrogens is 2. The van der Waals surface area contributed by atoms with E-state index in [0.29, 0.717) is 23.4 Å². The number of nitrogens with zero attached hydrogens (tertiary/aromatic N) is 3. The number of carbonyl (C=O) groups is 1. The number of unbranched alkanes of at least 4 members (excludes halogenated alkanes) is 1. The van der Waals surface area contributed by atoms with Crippen LogP contribution in [-0.4, -0.2) is 15.8 Å². The van der Waals surface area contributed by atoms with Crippen molar-refractivity contribution in [1.82, 2.24) is 9.55 Å². The number of nitriles is 1. The molecule has 0 amide bonds. The molecule has 1 heterocycles. The van der Waals surface area contributed by atoms with Crippen LogP contribution in [-0.2, 0) is 13.0 Å². The Balaban J connectivity index is 1.91. The summed E-state index contributed by atoms with van der Waals surface area (Å²) in [5, 5.41) is 9.47. The first-order valence-corrected chi connectivity index (χ1v) is 9.44. The first-order chi connectivity index (χ1) is 13.6. The number of rotatable bonds is 7. The second-order valence-corrected chi connectivity index (χ2v) is 6.87. The average molecular weight is 396 g/mol. The van der Waals surface area contributed by atoms with Crippen molar-refractivity contribution >= 4 is 17.9 Å². The number of carbonyl (C=O) groups excluding carboxylic acids is 1. The normalized spacial score (nSPS) is 10.6. The Morgan fingerprint density at radius 1 is 1.25 bits per heavy atom. The van der Waals surface area contributed by atoms with Gasteiger partial charge in [0.25, 0.3) is 0 Å². The van der Waals surface area contributed by atoms with Crippen LogP contribution in [0.1, 0.15) is 47.2 Å². The van der Waals surface area contributed by atoms with Crippen molar-refractivity contribution < 1.29 is 9.18 Å². The number of aryl methyl sites for hydroxylation is 1. The molecule has 0 saturated heterocycles. The largest absolute Gasteiger partial charge is 0.320 e. The Labute approximate surface area is 168 Å². The van der Waals surface area contributed by atoms with Crippen molar-refractivity contribution in [2.24, 2.45) is 0 Å². The SMILES string of the molecule is CCCCc1nc(Cl)c(C=O)n1Cc1ccc(-c2cc(F)ccc2C#N)cc1. The Hall–Kier alpha value is -2.97. The maximum atomic E-state index is 13.6. The molecule has 6 heteroatoms. The fourth-order valence-electron chi connectivity index (χ4n) is 3.12. The van der Waals surface area contributed by atoms with E-state index >= 15 is 0 Å². The van der Waals surface area contributed by atoms with Gasteiger partial charge in [0, 0.05) is 18.5 Å². The molecule has 1 aromatic heterocycles. The van der Waals surface area contributed by atoms with E-state index in [1.807, 2.05) is 28.8 Å². The average Bonchev–Trinajstić information content (AvgIpc) is 3.01. The van der Waals surface area contributed by atoms with Gasteiger partial charge in [0.2, 0.25) is 0 Å². The third kappa shape index (κ3) is 4.13. The molecular formula is C22H19ClFN3O. The summed E-state index contributed by atoms with van der Waals surface area (Å²) in [6.07, 6.45) is 3.45. The van der Waals surface area contributed by atoms with E-state index in [-0.39, 0.29) is 11.0 Å². The second kappa shape index (κ2) is 8.81. The van der Waals surface area contributed by atoms with Gasteiger partial charge in [-0.1, -0.05) is 49.2 Å². The molecular weight excluding hydrogens is 377 g/mol. The summed E-state index contributed by atoms with van der Waals surface area (Å²) >= 11 is 6.12. The van der Waals surface area contributed by atoms with Crippen LogP contribution in [0, 0.1) is 17.1 Å². The van der Waals surface area contributed by atoms with Crippen LogP contribution in [0.5, 0.6) is 0 Å². The number of hydrogen-bond donors (Lipinski definition) is 0. The molecule has 0 spiro atoms. The third-order valence-electron chi connectivity index (χ3n) is 4.61. The van der Waals surface area contributed by atoms with E-state index < -0.39 is 0 Å². The van der Waals surface area contributed by atoms with E-state index in [1.54, 1.807) is 0 Å². The number of hydrogen-bond acceptors (Lipinski definition) is 3. The molecule has 0 radical (unpaired) electrons. The Bertz CT molecular complexity index is 1040. The summed E-state index contributed by atoms with van der Waals surface area (Å²) in [5.74, 6) is 0.400. The van der Waals surface area contributed by atoms with Crippen LogP contribution in [0.25, 0.3) is 11.1 Å². The van der Waals surface area contributed by atoms with Crippen LogP contribution < -0.4 is 0 Å². The molecule has 4 nitrogen and oxygen atoms in total. The maximum absolute atomic E-state index is 13.6. The summed E-state index contributed by atoms with van der Waals surface area (Å²) in [5.41, 5.74) is 3.05. The lowest BCUT2D eigenvalue weighted by Crippen LogP contribution is -2.08. The molecule has 28 heavy (non-hydrogen) atoms. The fraction of sp³-hybridized carbons (Fsp3) is 0.227. The van der Waals surface area contributed by atoms with E-state index in [1.165, 1.54) is 18.2 Å². The lowest BCUT2D eigenvalue weighted by Gasteiger charge is -2.11. The van der Waals surface area contributed by atoms with Gasteiger partial charge in [-0.25, -0.2) is 9.37 Å². The molecule has 0 unspecified atom stereocenters. The molecule has 0 aliphatic heterocycles. The minimum absolute atomic E-state index is 0.219. The topological polar surface area (TPSA) is 58.7 Å². The van der Waals surface area contributed by atoms with E-state index in [2.05, 4.69) is 18.0 Å². The van der Waals surface area contributed by atoms with Crippen LogP contribution in [0.3, 0.4) is 0 Å². The number of benzene rings is 2. The van der Waals surface area contributed by atoms with Crippen molar-refractivity contribution in [2.45, 2.75) is 32.7 Å². The molecule has 0 saturated carbocycles. The van der Waals surface area contributed by atoms with Gasteiger partial charge in [-0.2, -0.15) is 5.26 Å². The van der Waals surface area contributed by atoms with Crippen LogP contribution >= 0.6 is 11.6 Å². The molecule has 0 bridgehead atoms. The summed E-state index contributed by atoms with van der Waals surface area (Å²) < 4.78 is 15.4. The first kappa shape index (κ1) is 19.8. The standard InChI is InChI=1S/C22H19ClFN3O/c1-2-3-4-21-26-22(23)20(14-28)27(21)13-15-5-7-16(8-6-15)19-11-18(24)10-9-17(19)12-25/h5-11,14H,2-4,13H2,1H3. The minimum Gasteiger partial charge on any atom is -0.320 e. The quantitative estimate of drug-likeness (QED) is 0.502. The fourth-order valence-corrected chi connectivity index (χ4v) is 3.36. The van der Waals surface area contributed by atoms with Gasteiger partial charge < -0.3 is 4.57 Å². The van der Waals surface area contributed by atoms with Crippen molar-refractivity contribution in [1.29, 1.82) is 5.26 Å². The molecule has 0 aliphatic carbocycles. The highest BCUT2D eigenvalue weighted by Gasteiger charge is 2.15. The summed E-state index contributed by atoms with van der Waals surface area (Å²) in [6, 6.07) is 13.7. The van der Waals surface area contributed by atoms with Crippen LogP contribution in [0.15, 0.2) is 42.5 Å². The molecule has 3 rings (SSSR count). The zero-order valence-corrected chi connectivity index (χ0v) is 16.2. The maximum Gasteiger partial charge on any atom is 0.169 e. The number of imidazole rings is 1. The van der Waals surface area contributed by atoms with Crippen molar-refractivity contribution in [3.8, 4) is 17.2 Å².